The first kappa shape index (κ1) is 28.4. The smallest absolute Gasteiger partial charge is 0.345 e. The van der Waals surface area contributed by atoms with Crippen LogP contribution in [-0.4, -0.2) is 72.3 Å². The lowest BCUT2D eigenvalue weighted by molar-refractivity contribution is 0.0606. The van der Waals surface area contributed by atoms with Gasteiger partial charge in [0.25, 0.3) is 5.91 Å². The number of piperidine rings is 1. The molecule has 2 aliphatic rings. The molecule has 2 atom stereocenters. The van der Waals surface area contributed by atoms with Crippen molar-refractivity contribution in [2.75, 3.05) is 20.2 Å². The SMILES string of the molecule is COc1cc(C(=O)N2C[C@H](N)C[C@@H](F)C2)cc2nc(-c3cc4ccc(-c5ccc6[nH]c(=O)ncc6c5)nc4n3CC3CC3)n(C)c12. The number of hydrogen-bond acceptors (Lipinski definition) is 7. The molecule has 5 heterocycles. The maximum Gasteiger partial charge on any atom is 0.345 e. The molecule has 2 fully saturated rings. The van der Waals surface area contributed by atoms with Crippen LogP contribution in [0.5, 0.6) is 5.75 Å². The minimum atomic E-state index is -1.15. The van der Waals surface area contributed by atoms with Gasteiger partial charge in [0.05, 0.1) is 36.1 Å². The highest BCUT2D eigenvalue weighted by Gasteiger charge is 2.30. The lowest BCUT2D eigenvalue weighted by Crippen LogP contribution is -2.50. The van der Waals surface area contributed by atoms with Crippen LogP contribution in [0.25, 0.3) is 55.7 Å². The molecule has 1 saturated carbocycles. The molecule has 0 unspecified atom stereocenters. The van der Waals surface area contributed by atoms with Crippen LogP contribution in [0, 0.1) is 5.92 Å². The van der Waals surface area contributed by atoms with Crippen molar-refractivity contribution in [2.45, 2.75) is 38.0 Å². The Kier molecular flexibility index (Phi) is 6.64. The summed E-state index contributed by atoms with van der Waals surface area (Å²) in [6, 6.07) is 15.0. The molecule has 8 rings (SSSR count). The zero-order valence-corrected chi connectivity index (χ0v) is 25.5. The van der Waals surface area contributed by atoms with Gasteiger partial charge in [-0.05, 0) is 67.6 Å². The number of aromatic amines is 1. The van der Waals surface area contributed by atoms with E-state index in [9.17, 15) is 14.0 Å². The first-order valence-electron chi connectivity index (χ1n) is 15.5. The molecule has 46 heavy (non-hydrogen) atoms. The minimum Gasteiger partial charge on any atom is -0.494 e. The number of aryl methyl sites for hydroxylation is 1. The second-order valence-electron chi connectivity index (χ2n) is 12.5. The summed E-state index contributed by atoms with van der Waals surface area (Å²) in [5.74, 6) is 1.51. The molecule has 6 aromatic rings. The van der Waals surface area contributed by atoms with Gasteiger partial charge in [0, 0.05) is 54.3 Å². The summed E-state index contributed by atoms with van der Waals surface area (Å²) in [6.07, 6.45) is 3.00. The predicted molar refractivity (Wildman–Crippen MR) is 173 cm³/mol. The van der Waals surface area contributed by atoms with Gasteiger partial charge in [-0.3, -0.25) is 4.79 Å². The number of halogens is 1. The largest absolute Gasteiger partial charge is 0.494 e. The van der Waals surface area contributed by atoms with Crippen LogP contribution in [-0.2, 0) is 13.6 Å². The summed E-state index contributed by atoms with van der Waals surface area (Å²) in [7, 11) is 3.51. The first-order chi connectivity index (χ1) is 22.2. The highest BCUT2D eigenvalue weighted by atomic mass is 19.1. The fourth-order valence-electron chi connectivity index (χ4n) is 6.68. The van der Waals surface area contributed by atoms with Gasteiger partial charge in [-0.1, -0.05) is 6.07 Å². The Bertz CT molecular complexity index is 2220. The Hall–Kier alpha value is -5.10. The van der Waals surface area contributed by atoms with Crippen LogP contribution in [0.15, 0.2) is 59.5 Å². The molecular weight excluding hydrogens is 587 g/mol. The number of alkyl halides is 1. The van der Waals surface area contributed by atoms with Gasteiger partial charge in [-0.25, -0.2) is 24.1 Å². The number of H-pyrrole nitrogens is 1. The second kappa shape index (κ2) is 10.8. The lowest BCUT2D eigenvalue weighted by atomic mass is 10.0. The normalized spacial score (nSPS) is 18.6. The third-order valence-electron chi connectivity index (χ3n) is 9.14. The zero-order valence-electron chi connectivity index (χ0n) is 25.5. The molecule has 1 amide bonds. The fraction of sp³-hybridized carbons (Fsp3) is 0.324. The van der Waals surface area contributed by atoms with Gasteiger partial charge < -0.3 is 29.5 Å². The third kappa shape index (κ3) is 4.89. The number of methoxy groups -OCH3 is 1. The van der Waals surface area contributed by atoms with Gasteiger partial charge in [0.2, 0.25) is 0 Å². The van der Waals surface area contributed by atoms with Gasteiger partial charge in [-0.15, -0.1) is 0 Å². The Labute approximate surface area is 262 Å². The van der Waals surface area contributed by atoms with Crippen molar-refractivity contribution in [3.05, 3.63) is 70.8 Å². The standard InChI is InChI=1S/C34H33FN8O3/c1-41-30-27(10-21(12-29(30)46-2)33(44)42-16-23(35)13-24(36)17-42)39-32(41)28-11-20-6-8-25(38-31(20)43(28)15-18-3-4-18)19-5-7-26-22(9-19)14-37-34(45)40-26/h5-12,14,18,23-24H,3-4,13,15-17,36H2,1-2H3,(H,37,40,45)/t23-,24-/m1/s1. The maximum atomic E-state index is 14.3. The van der Waals surface area contributed by atoms with E-state index in [0.29, 0.717) is 29.3 Å². The number of hydrogen-bond donors (Lipinski definition) is 2. The fourth-order valence-corrected chi connectivity index (χ4v) is 6.68. The maximum absolute atomic E-state index is 14.3. The van der Waals surface area contributed by atoms with Gasteiger partial charge in [-0.2, -0.15) is 0 Å². The van der Waals surface area contributed by atoms with Crippen molar-refractivity contribution < 1.29 is 13.9 Å². The Balaban J connectivity index is 1.23. The van der Waals surface area contributed by atoms with Crippen molar-refractivity contribution in [3.8, 4) is 28.5 Å². The van der Waals surface area contributed by atoms with Crippen molar-refractivity contribution in [1.29, 1.82) is 0 Å². The Morgan fingerprint density at radius 2 is 1.93 bits per heavy atom. The molecule has 0 spiro atoms. The van der Waals surface area contributed by atoms with Crippen molar-refractivity contribution >= 4 is 38.9 Å². The average molecular weight is 621 g/mol. The van der Waals surface area contributed by atoms with Gasteiger partial charge in [0.1, 0.15) is 23.1 Å². The number of rotatable bonds is 6. The molecule has 2 aromatic carbocycles. The van der Waals surface area contributed by atoms with E-state index in [1.165, 1.54) is 4.90 Å². The summed E-state index contributed by atoms with van der Waals surface area (Å²) in [5.41, 5.74) is 11.6. The van der Waals surface area contributed by atoms with Crippen LogP contribution in [0.1, 0.15) is 29.6 Å². The molecule has 1 saturated heterocycles. The van der Waals surface area contributed by atoms with Crippen molar-refractivity contribution in [3.63, 3.8) is 0 Å². The molecule has 0 bridgehead atoms. The van der Waals surface area contributed by atoms with Crippen LogP contribution in [0.2, 0.25) is 0 Å². The number of imidazole rings is 1. The van der Waals surface area contributed by atoms with E-state index in [-0.39, 0.29) is 24.6 Å². The molecule has 4 aromatic heterocycles. The predicted octanol–water partition coefficient (Wildman–Crippen LogP) is 4.42. The third-order valence-corrected chi connectivity index (χ3v) is 9.14. The zero-order chi connectivity index (χ0) is 31.7. The topological polar surface area (TPSA) is 137 Å². The molecule has 3 N–H and O–H groups in total. The number of aromatic nitrogens is 6. The minimum absolute atomic E-state index is 0.0201. The van der Waals surface area contributed by atoms with E-state index >= 15 is 0 Å². The van der Waals surface area contributed by atoms with Crippen LogP contribution >= 0.6 is 0 Å². The number of carbonyl (C=O) groups is 1. The average Bonchev–Trinajstić information content (AvgIpc) is 3.72. The van der Waals surface area contributed by atoms with Crippen LogP contribution < -0.4 is 16.2 Å². The summed E-state index contributed by atoms with van der Waals surface area (Å²) in [5, 5.41) is 1.82. The highest BCUT2D eigenvalue weighted by Crippen LogP contribution is 2.38. The van der Waals surface area contributed by atoms with E-state index in [1.807, 2.05) is 35.9 Å². The molecular formula is C34H33FN8O3. The van der Waals surface area contributed by atoms with E-state index in [2.05, 4.69) is 26.7 Å². The number of benzene rings is 2. The molecule has 234 valence electrons. The van der Waals surface area contributed by atoms with Gasteiger partial charge >= 0.3 is 5.69 Å². The molecule has 11 nitrogen and oxygen atoms in total. The molecule has 1 aliphatic heterocycles. The number of likely N-dealkylation sites (tertiary alicyclic amines) is 1. The lowest BCUT2D eigenvalue weighted by Gasteiger charge is -2.33. The first-order valence-corrected chi connectivity index (χ1v) is 15.5. The van der Waals surface area contributed by atoms with Crippen molar-refractivity contribution in [2.24, 2.45) is 18.7 Å². The molecule has 1 aliphatic carbocycles. The summed E-state index contributed by atoms with van der Waals surface area (Å²) in [4.78, 5) is 43.4. The molecule has 12 heteroatoms. The monoisotopic (exact) mass is 620 g/mol. The van der Waals surface area contributed by atoms with E-state index in [1.54, 1.807) is 25.4 Å². The number of fused-ring (bicyclic) bond motifs is 3. The number of nitrogens with one attached hydrogen (secondary N) is 1. The summed E-state index contributed by atoms with van der Waals surface area (Å²) < 4.78 is 24.3. The number of nitrogens with zero attached hydrogens (tertiary/aromatic N) is 6. The number of nitrogens with two attached hydrogens (primary N) is 1. The summed E-state index contributed by atoms with van der Waals surface area (Å²) in [6.45, 7) is 1.13. The number of pyridine rings is 1. The van der Waals surface area contributed by atoms with Crippen LogP contribution in [0.3, 0.4) is 0 Å². The van der Waals surface area contributed by atoms with Crippen molar-refractivity contribution in [1.82, 2.24) is 34.0 Å². The Morgan fingerprint density at radius 3 is 2.72 bits per heavy atom. The highest BCUT2D eigenvalue weighted by molar-refractivity contribution is 6.00. The molecule has 0 radical (unpaired) electrons. The number of amides is 1. The second-order valence-corrected chi connectivity index (χ2v) is 12.5. The number of ether oxygens (including phenoxy) is 1. The Morgan fingerprint density at radius 1 is 1.09 bits per heavy atom. The number of carbonyl (C=O) groups excluding carboxylic acids is 1. The van der Waals surface area contributed by atoms with E-state index < -0.39 is 12.2 Å². The van der Waals surface area contributed by atoms with E-state index in [4.69, 9.17) is 20.4 Å². The van der Waals surface area contributed by atoms with Crippen LogP contribution in [0.4, 0.5) is 4.39 Å². The van der Waals surface area contributed by atoms with Gasteiger partial charge in [0.15, 0.2) is 5.82 Å². The van der Waals surface area contributed by atoms with E-state index in [0.717, 1.165) is 69.6 Å². The quantitative estimate of drug-likeness (QED) is 0.281. The summed E-state index contributed by atoms with van der Waals surface area (Å²) >= 11 is 0.